The highest BCUT2D eigenvalue weighted by Crippen LogP contribution is 2.40. The first-order valence-corrected chi connectivity index (χ1v) is 7.88. The third kappa shape index (κ3) is 3.36. The maximum atomic E-state index is 5.55. The molecule has 4 heteroatoms. The van der Waals surface area contributed by atoms with Crippen LogP contribution in [0.4, 0.5) is 0 Å². The third-order valence-corrected chi connectivity index (χ3v) is 5.62. The molecule has 0 spiro atoms. The van der Waals surface area contributed by atoms with Gasteiger partial charge in [-0.3, -0.25) is 0 Å². The van der Waals surface area contributed by atoms with Crippen LogP contribution in [-0.4, -0.2) is 6.54 Å². The summed E-state index contributed by atoms with van der Waals surface area (Å²) in [6, 6.07) is 2.02. The second kappa shape index (κ2) is 5.89. The molecule has 1 aromatic rings. The van der Waals surface area contributed by atoms with Crippen LogP contribution in [-0.2, 0) is 6.54 Å². The Balaban J connectivity index is 1.82. The summed E-state index contributed by atoms with van der Waals surface area (Å²) in [6.07, 6.45) is 6.83. The first-order valence-electron chi connectivity index (χ1n) is 6.30. The standard InChI is InChI=1S/C13H19Br2NO/c1-2-13(5-3-4-6-13)9-16-8-10-7-11(14)12(15)17-10/h7,16H,2-6,8-9H2,1H3. The smallest absolute Gasteiger partial charge is 0.183 e. The molecule has 0 aliphatic heterocycles. The summed E-state index contributed by atoms with van der Waals surface area (Å²) in [5, 5.41) is 3.54. The molecule has 0 bridgehead atoms. The van der Waals surface area contributed by atoms with Crippen molar-refractivity contribution < 1.29 is 4.42 Å². The van der Waals surface area contributed by atoms with Gasteiger partial charge in [-0.2, -0.15) is 0 Å². The van der Waals surface area contributed by atoms with Crippen molar-refractivity contribution in [2.24, 2.45) is 5.41 Å². The lowest BCUT2D eigenvalue weighted by atomic mass is 9.83. The van der Waals surface area contributed by atoms with Crippen molar-refractivity contribution in [3.63, 3.8) is 0 Å². The highest BCUT2D eigenvalue weighted by molar-refractivity contribution is 9.13. The number of furan rings is 1. The molecule has 0 unspecified atom stereocenters. The molecule has 0 saturated heterocycles. The number of hydrogen-bond acceptors (Lipinski definition) is 2. The molecule has 1 saturated carbocycles. The van der Waals surface area contributed by atoms with Gasteiger partial charge in [0.2, 0.25) is 0 Å². The quantitative estimate of drug-likeness (QED) is 0.806. The predicted octanol–water partition coefficient (Wildman–Crippen LogP) is 4.86. The Morgan fingerprint density at radius 3 is 2.59 bits per heavy atom. The van der Waals surface area contributed by atoms with Crippen LogP contribution in [0.15, 0.2) is 19.6 Å². The van der Waals surface area contributed by atoms with Gasteiger partial charge >= 0.3 is 0 Å². The number of hydrogen-bond donors (Lipinski definition) is 1. The van der Waals surface area contributed by atoms with Gasteiger partial charge in [-0.05, 0) is 62.6 Å². The van der Waals surface area contributed by atoms with Gasteiger partial charge in [-0.25, -0.2) is 0 Å². The minimum absolute atomic E-state index is 0.543. The highest BCUT2D eigenvalue weighted by atomic mass is 79.9. The Bertz CT molecular complexity index is 350. The van der Waals surface area contributed by atoms with E-state index in [0.717, 1.165) is 28.0 Å². The van der Waals surface area contributed by atoms with Crippen molar-refractivity contribution in [3.8, 4) is 0 Å². The van der Waals surface area contributed by atoms with E-state index in [-0.39, 0.29) is 0 Å². The van der Waals surface area contributed by atoms with Crippen LogP contribution in [0.1, 0.15) is 44.8 Å². The molecule has 96 valence electrons. The molecule has 1 aliphatic carbocycles. The van der Waals surface area contributed by atoms with E-state index in [1.807, 2.05) is 6.07 Å². The molecule has 1 N–H and O–H groups in total. The van der Waals surface area contributed by atoms with Crippen molar-refractivity contribution in [2.45, 2.75) is 45.6 Å². The van der Waals surface area contributed by atoms with Gasteiger partial charge in [0.05, 0.1) is 11.0 Å². The summed E-state index contributed by atoms with van der Waals surface area (Å²) >= 11 is 6.79. The summed E-state index contributed by atoms with van der Waals surface area (Å²) in [5.41, 5.74) is 0.543. The summed E-state index contributed by atoms with van der Waals surface area (Å²) in [6.45, 7) is 4.23. The second-order valence-corrected chi connectivity index (χ2v) is 6.57. The summed E-state index contributed by atoms with van der Waals surface area (Å²) in [7, 11) is 0. The predicted molar refractivity (Wildman–Crippen MR) is 77.0 cm³/mol. The first kappa shape index (κ1) is 13.6. The Kier molecular flexibility index (Phi) is 4.72. The van der Waals surface area contributed by atoms with E-state index in [2.05, 4.69) is 44.1 Å². The van der Waals surface area contributed by atoms with Crippen molar-refractivity contribution in [1.29, 1.82) is 0 Å². The fourth-order valence-corrected chi connectivity index (χ4v) is 3.37. The van der Waals surface area contributed by atoms with E-state index in [4.69, 9.17) is 4.42 Å². The average molecular weight is 365 g/mol. The lowest BCUT2D eigenvalue weighted by Gasteiger charge is -2.27. The number of halogens is 2. The molecule has 0 amide bonds. The van der Waals surface area contributed by atoms with Crippen LogP contribution in [0.3, 0.4) is 0 Å². The fraction of sp³-hybridized carbons (Fsp3) is 0.692. The molecule has 17 heavy (non-hydrogen) atoms. The monoisotopic (exact) mass is 363 g/mol. The minimum Gasteiger partial charge on any atom is -0.452 e. The Labute approximate surface area is 120 Å². The van der Waals surface area contributed by atoms with Gasteiger partial charge in [0.25, 0.3) is 0 Å². The normalized spacial score (nSPS) is 18.8. The van der Waals surface area contributed by atoms with E-state index in [0.29, 0.717) is 5.41 Å². The Hall–Kier alpha value is 0.200. The highest BCUT2D eigenvalue weighted by Gasteiger charge is 2.31. The van der Waals surface area contributed by atoms with Gasteiger partial charge in [0.15, 0.2) is 4.67 Å². The van der Waals surface area contributed by atoms with E-state index in [1.165, 1.54) is 32.1 Å². The molecule has 1 fully saturated rings. The van der Waals surface area contributed by atoms with Gasteiger partial charge in [0.1, 0.15) is 5.76 Å². The first-order chi connectivity index (χ1) is 8.15. The van der Waals surface area contributed by atoms with Crippen LogP contribution < -0.4 is 5.32 Å². The van der Waals surface area contributed by atoms with E-state index >= 15 is 0 Å². The summed E-state index contributed by atoms with van der Waals surface area (Å²) < 4.78 is 7.32. The molecular formula is C13H19Br2NO. The molecule has 1 aromatic heterocycles. The zero-order valence-electron chi connectivity index (χ0n) is 10.2. The maximum absolute atomic E-state index is 5.55. The van der Waals surface area contributed by atoms with Crippen LogP contribution in [0.5, 0.6) is 0 Å². The number of nitrogens with one attached hydrogen (secondary N) is 1. The van der Waals surface area contributed by atoms with Gasteiger partial charge in [-0.15, -0.1) is 0 Å². The molecule has 0 atom stereocenters. The lowest BCUT2D eigenvalue weighted by molar-refractivity contribution is 0.264. The van der Waals surface area contributed by atoms with Crippen molar-refractivity contribution >= 4 is 31.9 Å². The molecule has 2 rings (SSSR count). The van der Waals surface area contributed by atoms with Crippen LogP contribution in [0, 0.1) is 5.41 Å². The van der Waals surface area contributed by atoms with Crippen LogP contribution in [0.25, 0.3) is 0 Å². The van der Waals surface area contributed by atoms with Crippen LogP contribution >= 0.6 is 31.9 Å². The summed E-state index contributed by atoms with van der Waals surface area (Å²) in [4.78, 5) is 0. The van der Waals surface area contributed by atoms with Crippen molar-refractivity contribution in [2.75, 3.05) is 6.54 Å². The topological polar surface area (TPSA) is 25.2 Å². The van der Waals surface area contributed by atoms with Gasteiger partial charge in [0, 0.05) is 6.54 Å². The lowest BCUT2D eigenvalue weighted by Crippen LogP contribution is -2.31. The van der Waals surface area contributed by atoms with Gasteiger partial charge < -0.3 is 9.73 Å². The molecule has 2 nitrogen and oxygen atoms in total. The Morgan fingerprint density at radius 2 is 2.06 bits per heavy atom. The zero-order chi connectivity index (χ0) is 12.3. The molecule has 1 heterocycles. The summed E-state index contributed by atoms with van der Waals surface area (Å²) in [5.74, 6) is 0.980. The van der Waals surface area contributed by atoms with E-state index in [1.54, 1.807) is 0 Å². The molecular weight excluding hydrogens is 346 g/mol. The fourth-order valence-electron chi connectivity index (χ4n) is 2.71. The van der Waals surface area contributed by atoms with E-state index in [9.17, 15) is 0 Å². The van der Waals surface area contributed by atoms with Crippen LogP contribution in [0.2, 0.25) is 0 Å². The SMILES string of the molecule is CCC1(CNCc2cc(Br)c(Br)o2)CCCC1. The largest absolute Gasteiger partial charge is 0.452 e. The molecule has 0 radical (unpaired) electrons. The van der Waals surface area contributed by atoms with Gasteiger partial charge in [-0.1, -0.05) is 19.8 Å². The van der Waals surface area contributed by atoms with Crippen molar-refractivity contribution in [1.82, 2.24) is 5.32 Å². The Morgan fingerprint density at radius 1 is 1.35 bits per heavy atom. The number of rotatable bonds is 5. The van der Waals surface area contributed by atoms with E-state index < -0.39 is 0 Å². The second-order valence-electron chi connectivity index (χ2n) is 5.00. The molecule has 0 aromatic carbocycles. The third-order valence-electron chi connectivity index (χ3n) is 3.91. The average Bonchev–Trinajstić information content (AvgIpc) is 2.89. The molecule has 1 aliphatic rings. The van der Waals surface area contributed by atoms with Crippen molar-refractivity contribution in [3.05, 3.63) is 21.0 Å². The zero-order valence-corrected chi connectivity index (χ0v) is 13.4. The maximum Gasteiger partial charge on any atom is 0.183 e. The minimum atomic E-state index is 0.543.